The van der Waals surface area contributed by atoms with Crippen LogP contribution < -0.4 is 5.32 Å². The zero-order chi connectivity index (χ0) is 20.7. The van der Waals surface area contributed by atoms with Crippen LogP contribution >= 0.6 is 0 Å². The topological polar surface area (TPSA) is 126 Å². The van der Waals surface area contributed by atoms with Crippen molar-refractivity contribution in [2.24, 2.45) is 0 Å². The van der Waals surface area contributed by atoms with Crippen LogP contribution in [-0.4, -0.2) is 67.2 Å². The van der Waals surface area contributed by atoms with E-state index < -0.39 is 54.5 Å². The Morgan fingerprint density at radius 1 is 0.926 bits per heavy atom. The Hall–Kier alpha value is -2.20. The largest absolute Gasteiger partial charge is 0.463 e. The molecule has 10 nitrogen and oxygen atoms in total. The summed E-state index contributed by atoms with van der Waals surface area (Å²) >= 11 is 0. The molecule has 1 saturated heterocycles. The van der Waals surface area contributed by atoms with Gasteiger partial charge >= 0.3 is 17.9 Å². The van der Waals surface area contributed by atoms with Gasteiger partial charge in [-0.1, -0.05) is 0 Å². The zero-order valence-electron chi connectivity index (χ0n) is 16.3. The minimum Gasteiger partial charge on any atom is -0.463 e. The summed E-state index contributed by atoms with van der Waals surface area (Å²) in [5, 5.41) is 2.62. The molecule has 0 aromatic carbocycles. The molecule has 1 N–H and O–H groups in total. The lowest BCUT2D eigenvalue weighted by Crippen LogP contribution is -2.66. The monoisotopic (exact) mass is 389 g/mol. The Kier molecular flexibility index (Phi) is 8.64. The fourth-order valence-electron chi connectivity index (χ4n) is 2.68. The Balaban J connectivity index is 3.27. The maximum absolute atomic E-state index is 11.7. The van der Waals surface area contributed by atoms with Gasteiger partial charge in [0.15, 0.2) is 18.5 Å². The molecule has 1 rings (SSSR count). The van der Waals surface area contributed by atoms with E-state index in [0.29, 0.717) is 0 Å². The highest BCUT2D eigenvalue weighted by molar-refractivity contribution is 5.73. The van der Waals surface area contributed by atoms with Crippen LogP contribution in [0.1, 0.15) is 41.5 Å². The molecule has 0 unspecified atom stereocenters. The molecule has 154 valence electrons. The predicted octanol–water partition coefficient (Wildman–Crippen LogP) is 0.0675. The van der Waals surface area contributed by atoms with Gasteiger partial charge in [-0.25, -0.2) is 0 Å². The van der Waals surface area contributed by atoms with Crippen molar-refractivity contribution < 1.29 is 42.9 Å². The van der Waals surface area contributed by atoms with Gasteiger partial charge in [0.05, 0.1) is 6.10 Å². The first-order valence-corrected chi connectivity index (χ1v) is 8.57. The van der Waals surface area contributed by atoms with Crippen molar-refractivity contribution in [3.63, 3.8) is 0 Å². The van der Waals surface area contributed by atoms with Gasteiger partial charge in [0.25, 0.3) is 0 Å². The normalized spacial score (nSPS) is 27.6. The average molecular weight is 389 g/mol. The summed E-state index contributed by atoms with van der Waals surface area (Å²) in [7, 11) is 0. The second kappa shape index (κ2) is 10.2. The van der Waals surface area contributed by atoms with E-state index in [-0.39, 0.29) is 12.7 Å². The Morgan fingerprint density at radius 2 is 1.48 bits per heavy atom. The van der Waals surface area contributed by atoms with Crippen molar-refractivity contribution in [1.82, 2.24) is 5.32 Å². The molecule has 0 saturated carbocycles. The van der Waals surface area contributed by atoms with Gasteiger partial charge in [0, 0.05) is 27.7 Å². The van der Waals surface area contributed by atoms with Gasteiger partial charge in [-0.15, -0.1) is 0 Å². The molecule has 1 heterocycles. The Labute approximate surface area is 157 Å². The van der Waals surface area contributed by atoms with Gasteiger partial charge in [-0.2, -0.15) is 0 Å². The van der Waals surface area contributed by atoms with Gasteiger partial charge in [0.1, 0.15) is 18.8 Å². The number of hydrogen-bond acceptors (Lipinski definition) is 9. The third-order valence-corrected chi connectivity index (χ3v) is 3.48. The molecule has 0 spiro atoms. The van der Waals surface area contributed by atoms with Crippen LogP contribution in [0.15, 0.2) is 0 Å². The van der Waals surface area contributed by atoms with Crippen molar-refractivity contribution >= 4 is 23.8 Å². The van der Waals surface area contributed by atoms with E-state index >= 15 is 0 Å². The lowest BCUT2D eigenvalue weighted by molar-refractivity contribution is -0.285. The van der Waals surface area contributed by atoms with Gasteiger partial charge in [-0.05, 0) is 13.8 Å². The van der Waals surface area contributed by atoms with E-state index in [1.165, 1.54) is 27.7 Å². The summed E-state index contributed by atoms with van der Waals surface area (Å²) in [6.45, 7) is 8.12. The highest BCUT2D eigenvalue weighted by Gasteiger charge is 2.51. The second-order valence-electron chi connectivity index (χ2n) is 6.40. The van der Waals surface area contributed by atoms with Crippen LogP contribution in [0.2, 0.25) is 0 Å². The summed E-state index contributed by atoms with van der Waals surface area (Å²) in [6.07, 6.45) is -4.49. The van der Waals surface area contributed by atoms with Crippen LogP contribution in [0.5, 0.6) is 0 Å². The average Bonchev–Trinajstić information content (AvgIpc) is 2.49. The SMILES string of the molecule is CC(=O)N[C@H]1[C@@H](OC(C)C)O[C@@H](COC(C)=O)[C@@H](OC(C)=O)[C@H]1OC(C)=O. The third-order valence-electron chi connectivity index (χ3n) is 3.48. The standard InChI is InChI=1S/C17H27NO9/c1-8(2)24-17-14(18-9(3)19)16(26-12(6)22)15(25-11(5)21)13(27-17)7-23-10(4)20/h8,13-17H,7H2,1-6H3,(H,18,19)/t13-,14+,15+,16-,17-/m0/s1. The molecule has 0 aromatic heterocycles. The number of rotatable bonds is 7. The number of hydrogen-bond donors (Lipinski definition) is 1. The molecule has 1 aliphatic heterocycles. The highest BCUT2D eigenvalue weighted by atomic mass is 16.7. The van der Waals surface area contributed by atoms with E-state index in [2.05, 4.69) is 5.32 Å². The molecular formula is C17H27NO9. The molecule has 5 atom stereocenters. The van der Waals surface area contributed by atoms with Crippen LogP contribution in [0, 0.1) is 0 Å². The lowest BCUT2D eigenvalue weighted by atomic mass is 9.96. The first-order chi connectivity index (χ1) is 12.5. The zero-order valence-corrected chi connectivity index (χ0v) is 16.3. The molecule has 1 aliphatic rings. The highest BCUT2D eigenvalue weighted by Crippen LogP contribution is 2.28. The minimum atomic E-state index is -1.12. The van der Waals surface area contributed by atoms with Crippen molar-refractivity contribution in [1.29, 1.82) is 0 Å². The lowest BCUT2D eigenvalue weighted by Gasteiger charge is -2.45. The number of ether oxygens (including phenoxy) is 5. The number of esters is 3. The number of nitrogens with one attached hydrogen (secondary N) is 1. The molecule has 27 heavy (non-hydrogen) atoms. The predicted molar refractivity (Wildman–Crippen MR) is 90.2 cm³/mol. The van der Waals surface area contributed by atoms with E-state index in [1.54, 1.807) is 13.8 Å². The molecule has 1 amide bonds. The molecule has 0 radical (unpaired) electrons. The van der Waals surface area contributed by atoms with E-state index in [1.807, 2.05) is 0 Å². The van der Waals surface area contributed by atoms with Crippen molar-refractivity contribution in [3.05, 3.63) is 0 Å². The smallest absolute Gasteiger partial charge is 0.303 e. The summed E-state index contributed by atoms with van der Waals surface area (Å²) in [6, 6.07) is -0.938. The number of carbonyl (C=O) groups excluding carboxylic acids is 4. The summed E-state index contributed by atoms with van der Waals surface area (Å²) in [5.74, 6) is -2.28. The van der Waals surface area contributed by atoms with Crippen molar-refractivity contribution in [2.75, 3.05) is 6.61 Å². The van der Waals surface area contributed by atoms with Gasteiger partial charge in [0.2, 0.25) is 5.91 Å². The van der Waals surface area contributed by atoms with Crippen molar-refractivity contribution in [2.45, 2.75) is 78.3 Å². The minimum absolute atomic E-state index is 0.254. The van der Waals surface area contributed by atoms with Crippen molar-refractivity contribution in [3.8, 4) is 0 Å². The summed E-state index contributed by atoms with van der Waals surface area (Å²) in [5.41, 5.74) is 0. The molecule has 0 bridgehead atoms. The van der Waals surface area contributed by atoms with Gasteiger partial charge in [-0.3, -0.25) is 19.2 Å². The molecule has 0 aromatic rings. The number of amides is 1. The van der Waals surface area contributed by atoms with E-state index in [9.17, 15) is 19.2 Å². The third kappa shape index (κ3) is 7.51. The second-order valence-corrected chi connectivity index (χ2v) is 6.40. The van der Waals surface area contributed by atoms with Gasteiger partial charge < -0.3 is 29.0 Å². The Morgan fingerprint density at radius 3 is 1.93 bits per heavy atom. The first kappa shape index (κ1) is 22.8. The maximum Gasteiger partial charge on any atom is 0.303 e. The maximum atomic E-state index is 11.7. The first-order valence-electron chi connectivity index (χ1n) is 8.57. The van der Waals surface area contributed by atoms with Crippen LogP contribution in [-0.2, 0) is 42.9 Å². The fourth-order valence-corrected chi connectivity index (χ4v) is 2.68. The number of carbonyl (C=O) groups is 4. The molecule has 1 fully saturated rings. The quantitative estimate of drug-likeness (QED) is 0.475. The molecule has 0 aliphatic carbocycles. The summed E-state index contributed by atoms with van der Waals surface area (Å²) in [4.78, 5) is 46.0. The molecule has 10 heteroatoms. The van der Waals surface area contributed by atoms with E-state index in [0.717, 1.165) is 0 Å². The van der Waals surface area contributed by atoms with Crippen LogP contribution in [0.3, 0.4) is 0 Å². The van der Waals surface area contributed by atoms with Crippen LogP contribution in [0.4, 0.5) is 0 Å². The van der Waals surface area contributed by atoms with E-state index in [4.69, 9.17) is 23.7 Å². The molecular weight excluding hydrogens is 362 g/mol. The summed E-state index contributed by atoms with van der Waals surface area (Å²) < 4.78 is 27.1. The van der Waals surface area contributed by atoms with Crippen LogP contribution in [0.25, 0.3) is 0 Å². The Bertz CT molecular complexity index is 563. The fraction of sp³-hybridized carbons (Fsp3) is 0.765.